The monoisotopic (exact) mass is 563 g/mol. The second kappa shape index (κ2) is 12.5. The molecule has 0 saturated carbocycles. The minimum atomic E-state index is -4.98. The molecule has 2 atom stereocenters. The van der Waals surface area contributed by atoms with Crippen molar-refractivity contribution in [2.45, 2.75) is 63.7 Å². The van der Waals surface area contributed by atoms with Crippen molar-refractivity contribution in [1.82, 2.24) is 15.5 Å². The summed E-state index contributed by atoms with van der Waals surface area (Å²) in [6.07, 6.45) is -6.81. The molecule has 2 aromatic rings. The molecular weight excluding hydrogens is 531 g/mol. The lowest BCUT2D eigenvalue weighted by molar-refractivity contribution is -0.143. The first kappa shape index (κ1) is 30.7. The number of nitrogens with zero attached hydrogens (tertiary/aromatic N) is 1. The van der Waals surface area contributed by atoms with Gasteiger partial charge in [-0.1, -0.05) is 31.9 Å². The highest BCUT2D eigenvalue weighted by Gasteiger charge is 2.50. The van der Waals surface area contributed by atoms with Crippen molar-refractivity contribution in [3.63, 3.8) is 0 Å². The standard InChI is InChI=1S/C27H32F7N3O2/c1-3-4-5-10-35-11-12-37-18(2)25(36-24(37)38,20-6-8-23(28)9-7-20)17-39-16-19-13-21(26(29,30)31)15-22(14-19)27(32,33)34/h6-9,13-15,18,35H,3-5,10-12,16-17H2,1-2H3,(H,36,38). The van der Waals surface area contributed by atoms with Crippen LogP contribution in [0.3, 0.4) is 0 Å². The average molecular weight is 564 g/mol. The fraction of sp³-hybridized carbons (Fsp3) is 0.519. The van der Waals surface area contributed by atoms with Crippen LogP contribution in [-0.2, 0) is 29.2 Å². The van der Waals surface area contributed by atoms with Gasteiger partial charge in [-0.05, 0) is 61.3 Å². The van der Waals surface area contributed by atoms with Gasteiger partial charge in [-0.2, -0.15) is 26.3 Å². The van der Waals surface area contributed by atoms with Gasteiger partial charge in [-0.25, -0.2) is 9.18 Å². The summed E-state index contributed by atoms with van der Waals surface area (Å²) in [7, 11) is 0. The van der Waals surface area contributed by atoms with E-state index in [1.54, 1.807) is 11.8 Å². The normalized spacial score (nSPS) is 20.0. The van der Waals surface area contributed by atoms with Crippen LogP contribution < -0.4 is 10.6 Å². The molecule has 2 N–H and O–H groups in total. The maximum Gasteiger partial charge on any atom is 0.416 e. The zero-order chi connectivity index (χ0) is 28.8. The molecule has 1 heterocycles. The van der Waals surface area contributed by atoms with Gasteiger partial charge in [-0.15, -0.1) is 0 Å². The fourth-order valence-corrected chi connectivity index (χ4v) is 4.66. The molecule has 1 aliphatic rings. The fourth-order valence-electron chi connectivity index (χ4n) is 4.66. The number of halogens is 7. The Morgan fingerprint density at radius 1 is 0.974 bits per heavy atom. The number of hydrogen-bond donors (Lipinski definition) is 2. The molecule has 0 bridgehead atoms. The van der Waals surface area contributed by atoms with Crippen molar-refractivity contribution < 1.29 is 40.3 Å². The summed E-state index contributed by atoms with van der Waals surface area (Å²) in [5, 5.41) is 6.15. The van der Waals surface area contributed by atoms with E-state index >= 15 is 0 Å². The Labute approximate surface area is 222 Å². The molecule has 3 rings (SSSR count). The number of ether oxygens (including phenoxy) is 1. The van der Waals surface area contributed by atoms with Gasteiger partial charge in [-0.3, -0.25) is 0 Å². The maximum atomic E-state index is 13.7. The predicted molar refractivity (Wildman–Crippen MR) is 131 cm³/mol. The molecule has 0 radical (unpaired) electrons. The Hall–Kier alpha value is -2.86. The number of carbonyl (C=O) groups is 1. The third-order valence-electron chi connectivity index (χ3n) is 6.86. The van der Waals surface area contributed by atoms with Gasteiger partial charge in [0.15, 0.2) is 0 Å². The van der Waals surface area contributed by atoms with Crippen molar-refractivity contribution in [3.05, 3.63) is 70.5 Å². The van der Waals surface area contributed by atoms with E-state index in [2.05, 4.69) is 17.6 Å². The van der Waals surface area contributed by atoms with Crippen molar-refractivity contribution in [2.75, 3.05) is 26.2 Å². The van der Waals surface area contributed by atoms with Gasteiger partial charge in [0.2, 0.25) is 0 Å². The van der Waals surface area contributed by atoms with Gasteiger partial charge in [0.05, 0.1) is 30.4 Å². The quantitative estimate of drug-likeness (QED) is 0.230. The van der Waals surface area contributed by atoms with Gasteiger partial charge in [0.1, 0.15) is 11.4 Å². The molecule has 39 heavy (non-hydrogen) atoms. The summed E-state index contributed by atoms with van der Waals surface area (Å²) < 4.78 is 98.8. The van der Waals surface area contributed by atoms with Crippen LogP contribution in [0.2, 0.25) is 0 Å². The zero-order valence-electron chi connectivity index (χ0n) is 21.7. The number of carbonyl (C=O) groups excluding carboxylic acids is 1. The number of amides is 2. The molecule has 2 aromatic carbocycles. The van der Waals surface area contributed by atoms with Gasteiger partial charge >= 0.3 is 18.4 Å². The van der Waals surface area contributed by atoms with E-state index in [0.717, 1.165) is 25.8 Å². The third kappa shape index (κ3) is 7.63. The van der Waals surface area contributed by atoms with Crippen LogP contribution in [0.5, 0.6) is 0 Å². The molecule has 2 amide bonds. The lowest BCUT2D eigenvalue weighted by Crippen LogP contribution is -2.50. The first-order valence-corrected chi connectivity index (χ1v) is 12.7. The molecular formula is C27H32F7N3O2. The highest BCUT2D eigenvalue weighted by Crippen LogP contribution is 2.38. The predicted octanol–water partition coefficient (Wildman–Crippen LogP) is 6.47. The Balaban J connectivity index is 1.81. The average Bonchev–Trinajstić information content (AvgIpc) is 3.10. The van der Waals surface area contributed by atoms with Crippen LogP contribution in [0.4, 0.5) is 35.5 Å². The molecule has 12 heteroatoms. The highest BCUT2D eigenvalue weighted by molar-refractivity contribution is 5.79. The van der Waals surface area contributed by atoms with Gasteiger partial charge in [0, 0.05) is 13.1 Å². The molecule has 0 aliphatic carbocycles. The number of benzene rings is 2. The molecule has 5 nitrogen and oxygen atoms in total. The highest BCUT2D eigenvalue weighted by atomic mass is 19.4. The van der Waals surface area contributed by atoms with E-state index in [-0.39, 0.29) is 18.2 Å². The van der Waals surface area contributed by atoms with Crippen LogP contribution in [0, 0.1) is 5.82 Å². The SMILES string of the molecule is CCCCCNCCN1C(=O)NC(COCc2cc(C(F)(F)F)cc(C(F)(F)F)c2)(c2ccc(F)cc2)C1C. The number of rotatable bonds is 12. The topological polar surface area (TPSA) is 53.6 Å². The van der Waals surface area contributed by atoms with Crippen LogP contribution in [0.1, 0.15) is 55.4 Å². The number of nitrogens with one attached hydrogen (secondary N) is 2. The number of unbranched alkanes of at least 4 members (excludes halogenated alkanes) is 2. The lowest BCUT2D eigenvalue weighted by Gasteiger charge is -2.35. The van der Waals surface area contributed by atoms with Crippen molar-refractivity contribution >= 4 is 6.03 Å². The van der Waals surface area contributed by atoms with Gasteiger partial charge < -0.3 is 20.3 Å². The molecule has 1 fully saturated rings. The van der Waals surface area contributed by atoms with Crippen LogP contribution in [-0.4, -0.2) is 43.2 Å². The zero-order valence-corrected chi connectivity index (χ0v) is 21.7. The second-order valence-electron chi connectivity index (χ2n) is 9.64. The minimum Gasteiger partial charge on any atom is -0.374 e. The summed E-state index contributed by atoms with van der Waals surface area (Å²) in [4.78, 5) is 14.5. The smallest absolute Gasteiger partial charge is 0.374 e. The van der Waals surface area contributed by atoms with Gasteiger partial charge in [0.25, 0.3) is 0 Å². The number of urea groups is 1. The number of hydrogen-bond acceptors (Lipinski definition) is 3. The van der Waals surface area contributed by atoms with Crippen molar-refractivity contribution in [3.8, 4) is 0 Å². The number of alkyl halides is 6. The maximum absolute atomic E-state index is 13.7. The Kier molecular flexibility index (Phi) is 9.87. The summed E-state index contributed by atoms with van der Waals surface area (Å²) >= 11 is 0. The van der Waals surface area contributed by atoms with E-state index in [0.29, 0.717) is 30.8 Å². The summed E-state index contributed by atoms with van der Waals surface area (Å²) in [6, 6.07) is 5.66. The molecule has 0 spiro atoms. The Bertz CT molecular complexity index is 1070. The first-order valence-electron chi connectivity index (χ1n) is 12.7. The van der Waals surface area contributed by atoms with Crippen LogP contribution >= 0.6 is 0 Å². The van der Waals surface area contributed by atoms with E-state index in [9.17, 15) is 35.5 Å². The third-order valence-corrected chi connectivity index (χ3v) is 6.86. The Morgan fingerprint density at radius 3 is 2.15 bits per heavy atom. The second-order valence-corrected chi connectivity index (χ2v) is 9.64. The van der Waals surface area contributed by atoms with Crippen molar-refractivity contribution in [2.24, 2.45) is 0 Å². The van der Waals surface area contributed by atoms with E-state index in [1.807, 2.05) is 0 Å². The molecule has 216 valence electrons. The Morgan fingerprint density at radius 2 is 1.59 bits per heavy atom. The molecule has 0 aromatic heterocycles. The largest absolute Gasteiger partial charge is 0.416 e. The van der Waals surface area contributed by atoms with Crippen LogP contribution in [0.15, 0.2) is 42.5 Å². The van der Waals surface area contributed by atoms with E-state index in [4.69, 9.17) is 4.74 Å². The van der Waals surface area contributed by atoms with Crippen LogP contribution in [0.25, 0.3) is 0 Å². The van der Waals surface area contributed by atoms with Crippen molar-refractivity contribution in [1.29, 1.82) is 0 Å². The summed E-state index contributed by atoms with van der Waals surface area (Å²) in [6.45, 7) is 4.67. The first-order chi connectivity index (χ1) is 18.3. The molecule has 1 aliphatic heterocycles. The summed E-state index contributed by atoms with van der Waals surface area (Å²) in [5.41, 5.74) is -3.94. The molecule has 2 unspecified atom stereocenters. The molecule has 1 saturated heterocycles. The van der Waals surface area contributed by atoms with E-state index < -0.39 is 53.5 Å². The summed E-state index contributed by atoms with van der Waals surface area (Å²) in [5.74, 6) is -0.511. The minimum absolute atomic E-state index is 0.0525. The lowest BCUT2D eigenvalue weighted by atomic mass is 9.85. The van der Waals surface area contributed by atoms with E-state index in [1.165, 1.54) is 24.3 Å².